The van der Waals surface area contributed by atoms with Crippen molar-refractivity contribution in [1.82, 2.24) is 0 Å². The summed E-state index contributed by atoms with van der Waals surface area (Å²) < 4.78 is 16.9. The number of hydrogen-bond donors (Lipinski definition) is 1. The molecule has 0 bridgehead atoms. The number of rotatable bonds is 10. The minimum Gasteiger partial charge on any atom is -0.506 e. The molecule has 36 heavy (non-hydrogen) atoms. The van der Waals surface area contributed by atoms with E-state index in [2.05, 4.69) is 4.99 Å². The Bertz CT molecular complexity index is 1200. The molecule has 7 nitrogen and oxygen atoms in total. The molecule has 1 heterocycles. The van der Waals surface area contributed by atoms with Crippen LogP contribution in [0.15, 0.2) is 63.7 Å². The van der Waals surface area contributed by atoms with Gasteiger partial charge in [0.05, 0.1) is 18.1 Å². The summed E-state index contributed by atoms with van der Waals surface area (Å²) in [5.41, 5.74) is 2.85. The molecule has 0 saturated heterocycles. The molecule has 8 heteroatoms. The van der Waals surface area contributed by atoms with Crippen molar-refractivity contribution in [2.24, 2.45) is 4.99 Å². The highest BCUT2D eigenvalue weighted by atomic mass is 32.2. The van der Waals surface area contributed by atoms with Crippen LogP contribution in [-0.2, 0) is 20.9 Å². The summed E-state index contributed by atoms with van der Waals surface area (Å²) >= 11 is 1.06. The number of carbonyl (C=O) groups is 2. The molecule has 2 aromatic rings. The number of hydrogen-bond acceptors (Lipinski definition) is 7. The lowest BCUT2D eigenvalue weighted by Crippen LogP contribution is -2.14. The molecule has 0 radical (unpaired) electrons. The second kappa shape index (κ2) is 13.0. The van der Waals surface area contributed by atoms with Gasteiger partial charge in [0.2, 0.25) is 5.91 Å². The van der Waals surface area contributed by atoms with E-state index in [1.807, 2.05) is 51.1 Å². The Labute approximate surface area is 215 Å². The first-order valence-corrected chi connectivity index (χ1v) is 12.7. The van der Waals surface area contributed by atoms with Gasteiger partial charge in [-0.3, -0.25) is 4.79 Å². The molecule has 0 aliphatic carbocycles. The first-order valence-electron chi connectivity index (χ1n) is 11.9. The highest BCUT2D eigenvalue weighted by molar-refractivity contribution is 8.18. The van der Waals surface area contributed by atoms with Crippen LogP contribution < -0.4 is 9.47 Å². The average Bonchev–Trinajstić information content (AvgIpc) is 3.14. The number of carbonyl (C=O) groups excluding carboxylic acids is 2. The predicted molar refractivity (Wildman–Crippen MR) is 142 cm³/mol. The normalized spacial score (nSPS) is 15.4. The Morgan fingerprint density at radius 2 is 1.75 bits per heavy atom. The van der Waals surface area contributed by atoms with E-state index in [0.29, 0.717) is 36.0 Å². The van der Waals surface area contributed by atoms with Crippen LogP contribution in [0.2, 0.25) is 0 Å². The minimum atomic E-state index is -0.719. The van der Waals surface area contributed by atoms with Crippen LogP contribution >= 0.6 is 11.8 Å². The molecule has 190 valence electrons. The maximum Gasteiger partial charge on any atom is 0.344 e. The quantitative estimate of drug-likeness (QED) is 0.383. The van der Waals surface area contributed by atoms with Gasteiger partial charge in [-0.1, -0.05) is 54.6 Å². The van der Waals surface area contributed by atoms with E-state index < -0.39 is 5.97 Å². The SMILES string of the molecule is CCCC(=O)N=C1S/C(=C\c2ccc(OCc3ccc(C)cc3)c(OCC)c2)C(O)=C1C(=O)OCC. The lowest BCUT2D eigenvalue weighted by atomic mass is 10.1. The fourth-order valence-corrected chi connectivity index (χ4v) is 4.41. The van der Waals surface area contributed by atoms with Crippen molar-refractivity contribution in [1.29, 1.82) is 0 Å². The number of aliphatic hydroxyl groups excluding tert-OH is 1. The number of esters is 1. The Balaban J connectivity index is 1.89. The number of thioether (sulfide) groups is 1. The summed E-state index contributed by atoms with van der Waals surface area (Å²) in [6, 6.07) is 13.5. The molecular weight excluding hydrogens is 478 g/mol. The second-order valence-corrected chi connectivity index (χ2v) is 9.06. The summed E-state index contributed by atoms with van der Waals surface area (Å²) in [7, 11) is 0. The summed E-state index contributed by atoms with van der Waals surface area (Å²) in [6.07, 6.45) is 2.59. The van der Waals surface area contributed by atoms with Crippen molar-refractivity contribution in [3.8, 4) is 11.5 Å². The highest BCUT2D eigenvalue weighted by Gasteiger charge is 2.33. The first-order chi connectivity index (χ1) is 17.4. The lowest BCUT2D eigenvalue weighted by Gasteiger charge is -2.13. The molecule has 0 saturated carbocycles. The van der Waals surface area contributed by atoms with E-state index in [1.54, 1.807) is 25.1 Å². The number of aliphatic imine (C=N–C) groups is 1. The third kappa shape index (κ3) is 7.01. The fourth-order valence-electron chi connectivity index (χ4n) is 3.37. The number of nitrogens with zero attached hydrogens (tertiary/aromatic N) is 1. The van der Waals surface area contributed by atoms with Gasteiger partial charge in [-0.15, -0.1) is 0 Å². The maximum atomic E-state index is 12.5. The Morgan fingerprint density at radius 3 is 2.42 bits per heavy atom. The van der Waals surface area contributed by atoms with Gasteiger partial charge in [0.1, 0.15) is 23.0 Å². The molecule has 1 amide bonds. The number of benzene rings is 2. The van der Waals surface area contributed by atoms with Gasteiger partial charge in [-0.2, -0.15) is 0 Å². The van der Waals surface area contributed by atoms with Crippen LogP contribution in [0.25, 0.3) is 6.08 Å². The van der Waals surface area contributed by atoms with Crippen molar-refractivity contribution in [3.63, 3.8) is 0 Å². The molecule has 0 fully saturated rings. The van der Waals surface area contributed by atoms with Crippen molar-refractivity contribution in [2.75, 3.05) is 13.2 Å². The summed E-state index contributed by atoms with van der Waals surface area (Å²) in [5.74, 6) is -0.186. The second-order valence-electron chi connectivity index (χ2n) is 8.03. The predicted octanol–water partition coefficient (Wildman–Crippen LogP) is 6.16. The zero-order chi connectivity index (χ0) is 26.1. The van der Waals surface area contributed by atoms with Crippen molar-refractivity contribution in [3.05, 3.63) is 75.4 Å². The molecule has 0 aromatic heterocycles. The van der Waals surface area contributed by atoms with Crippen LogP contribution in [-0.4, -0.2) is 35.2 Å². The first kappa shape index (κ1) is 27.1. The van der Waals surface area contributed by atoms with Gasteiger partial charge in [-0.05, 0) is 56.5 Å². The molecule has 0 spiro atoms. The zero-order valence-electron chi connectivity index (χ0n) is 21.0. The smallest absolute Gasteiger partial charge is 0.344 e. The summed E-state index contributed by atoms with van der Waals surface area (Å²) in [4.78, 5) is 29.0. The number of ether oxygens (including phenoxy) is 3. The highest BCUT2D eigenvalue weighted by Crippen LogP contribution is 2.40. The van der Waals surface area contributed by atoms with Crippen LogP contribution in [0.4, 0.5) is 0 Å². The fraction of sp³-hybridized carbons (Fsp3) is 0.321. The van der Waals surface area contributed by atoms with E-state index in [9.17, 15) is 14.7 Å². The van der Waals surface area contributed by atoms with E-state index >= 15 is 0 Å². The zero-order valence-corrected chi connectivity index (χ0v) is 21.8. The minimum absolute atomic E-state index is 0.0966. The largest absolute Gasteiger partial charge is 0.506 e. The molecule has 2 aromatic carbocycles. The van der Waals surface area contributed by atoms with Crippen LogP contribution in [0, 0.1) is 6.92 Å². The summed E-state index contributed by atoms with van der Waals surface area (Å²) in [6.45, 7) is 8.45. The standard InChI is InChI=1S/C28H31NO6S/c1-5-8-24(30)29-27-25(28(32)34-7-3)26(31)23(36-27)16-20-13-14-21(22(15-20)33-6-2)35-17-19-11-9-18(4)10-12-19/h9-16,31H,5-8,17H2,1-4H3/b23-16-,29-27?. The van der Waals surface area contributed by atoms with Gasteiger partial charge in [0.25, 0.3) is 0 Å². The van der Waals surface area contributed by atoms with Gasteiger partial charge < -0.3 is 19.3 Å². The number of aliphatic hydroxyl groups is 1. The molecule has 3 rings (SSSR count). The van der Waals surface area contributed by atoms with Gasteiger partial charge in [0, 0.05) is 6.42 Å². The monoisotopic (exact) mass is 509 g/mol. The molecule has 0 unspecified atom stereocenters. The van der Waals surface area contributed by atoms with E-state index in [0.717, 1.165) is 22.9 Å². The van der Waals surface area contributed by atoms with Crippen LogP contribution in [0.1, 0.15) is 50.3 Å². The van der Waals surface area contributed by atoms with Crippen molar-refractivity contribution < 1.29 is 28.9 Å². The molecule has 1 N–H and O–H groups in total. The number of amides is 1. The Morgan fingerprint density at radius 1 is 1.00 bits per heavy atom. The third-order valence-electron chi connectivity index (χ3n) is 5.14. The van der Waals surface area contributed by atoms with E-state index in [1.165, 1.54) is 5.56 Å². The molecule has 1 aliphatic heterocycles. The van der Waals surface area contributed by atoms with E-state index in [4.69, 9.17) is 14.2 Å². The van der Waals surface area contributed by atoms with Gasteiger partial charge in [-0.25, -0.2) is 9.79 Å². The van der Waals surface area contributed by atoms with Crippen molar-refractivity contribution >= 4 is 34.8 Å². The Kier molecular flexibility index (Phi) is 9.76. The lowest BCUT2D eigenvalue weighted by molar-refractivity contribution is -0.138. The van der Waals surface area contributed by atoms with Crippen molar-refractivity contribution in [2.45, 2.75) is 47.1 Å². The Hall–Kier alpha value is -3.52. The third-order valence-corrected chi connectivity index (χ3v) is 6.16. The topological polar surface area (TPSA) is 94.4 Å². The molecular formula is C28H31NO6S. The van der Waals surface area contributed by atoms with E-state index in [-0.39, 0.29) is 35.3 Å². The molecule has 1 aliphatic rings. The summed E-state index contributed by atoms with van der Waals surface area (Å²) in [5, 5.41) is 11.0. The van der Waals surface area contributed by atoms with Crippen LogP contribution in [0.5, 0.6) is 11.5 Å². The average molecular weight is 510 g/mol. The van der Waals surface area contributed by atoms with Gasteiger partial charge >= 0.3 is 5.97 Å². The van der Waals surface area contributed by atoms with Gasteiger partial charge in [0.15, 0.2) is 11.5 Å². The number of aryl methyl sites for hydroxylation is 1. The van der Waals surface area contributed by atoms with Crippen LogP contribution in [0.3, 0.4) is 0 Å². The maximum absolute atomic E-state index is 12.5. The molecule has 0 atom stereocenters.